The minimum absolute atomic E-state index is 0.0465. The van der Waals surface area contributed by atoms with Crippen LogP contribution in [0.1, 0.15) is 29.3 Å². The first-order valence-corrected chi connectivity index (χ1v) is 11.5. The molecule has 3 rings (SSSR count). The molecule has 1 saturated heterocycles. The number of ether oxygens (including phenoxy) is 1. The lowest BCUT2D eigenvalue weighted by Crippen LogP contribution is -2.40. The summed E-state index contributed by atoms with van der Waals surface area (Å²) in [5.74, 6) is 0.371. The van der Waals surface area contributed by atoms with Gasteiger partial charge in [0.05, 0.1) is 18.1 Å². The number of benzene rings is 2. The maximum absolute atomic E-state index is 13.3. The molecule has 28 heavy (non-hydrogen) atoms. The van der Waals surface area contributed by atoms with Gasteiger partial charge in [-0.15, -0.1) is 0 Å². The third kappa shape index (κ3) is 4.99. The van der Waals surface area contributed by atoms with Crippen molar-refractivity contribution in [2.24, 2.45) is 0 Å². The molecule has 0 N–H and O–H groups in total. The largest absolute Gasteiger partial charge is 0.494 e. The summed E-state index contributed by atoms with van der Waals surface area (Å²) in [4.78, 5) is 14.9. The van der Waals surface area contributed by atoms with Crippen molar-refractivity contribution in [1.29, 1.82) is 0 Å². The molecule has 0 unspecified atom stereocenters. The predicted molar refractivity (Wildman–Crippen MR) is 111 cm³/mol. The van der Waals surface area contributed by atoms with Gasteiger partial charge in [-0.05, 0) is 49.2 Å². The molecule has 2 aromatic carbocycles. The first-order chi connectivity index (χ1) is 13.3. The molecule has 0 aliphatic carbocycles. The van der Waals surface area contributed by atoms with Gasteiger partial charge in [0.15, 0.2) is 9.84 Å². The van der Waals surface area contributed by atoms with Crippen molar-refractivity contribution in [3.63, 3.8) is 0 Å². The lowest BCUT2D eigenvalue weighted by Gasteiger charge is -2.29. The van der Waals surface area contributed by atoms with E-state index in [9.17, 15) is 13.2 Å². The van der Waals surface area contributed by atoms with Crippen LogP contribution in [0.2, 0.25) is 10.0 Å². The van der Waals surface area contributed by atoms with Crippen LogP contribution >= 0.6 is 23.2 Å². The van der Waals surface area contributed by atoms with Crippen molar-refractivity contribution >= 4 is 38.9 Å². The fourth-order valence-electron chi connectivity index (χ4n) is 3.27. The molecule has 8 heteroatoms. The van der Waals surface area contributed by atoms with Crippen LogP contribution in [-0.4, -0.2) is 43.4 Å². The number of hydrogen-bond acceptors (Lipinski definition) is 4. The lowest BCUT2D eigenvalue weighted by molar-refractivity contribution is 0.0680. The smallest absolute Gasteiger partial charge is 0.254 e. The van der Waals surface area contributed by atoms with Gasteiger partial charge in [-0.1, -0.05) is 35.3 Å². The summed E-state index contributed by atoms with van der Waals surface area (Å²) in [7, 11) is -3.15. The zero-order valence-electron chi connectivity index (χ0n) is 15.4. The normalized spacial score (nSPS) is 18.0. The molecular weight excluding hydrogens is 421 g/mol. The molecule has 0 spiro atoms. The molecule has 2 aromatic rings. The van der Waals surface area contributed by atoms with E-state index in [1.165, 1.54) is 0 Å². The van der Waals surface area contributed by atoms with Crippen LogP contribution in [-0.2, 0) is 16.4 Å². The number of carbonyl (C=O) groups is 1. The van der Waals surface area contributed by atoms with E-state index in [2.05, 4.69) is 0 Å². The molecule has 0 saturated carbocycles. The second-order valence-electron chi connectivity index (χ2n) is 6.69. The Morgan fingerprint density at radius 3 is 2.64 bits per heavy atom. The van der Waals surface area contributed by atoms with Crippen LogP contribution in [0.15, 0.2) is 42.5 Å². The van der Waals surface area contributed by atoms with Gasteiger partial charge in [0.2, 0.25) is 0 Å². The molecule has 0 bridgehead atoms. The van der Waals surface area contributed by atoms with Crippen LogP contribution in [0.5, 0.6) is 5.75 Å². The third-order valence-electron chi connectivity index (χ3n) is 4.66. The van der Waals surface area contributed by atoms with Crippen molar-refractivity contribution in [3.05, 3.63) is 63.6 Å². The van der Waals surface area contributed by atoms with Gasteiger partial charge in [-0.3, -0.25) is 4.79 Å². The zero-order chi connectivity index (χ0) is 20.3. The number of carbonyl (C=O) groups excluding carboxylic acids is 1. The van der Waals surface area contributed by atoms with E-state index in [1.807, 2.05) is 6.92 Å². The lowest BCUT2D eigenvalue weighted by atomic mass is 10.1. The average Bonchev–Trinajstić information content (AvgIpc) is 3.01. The highest BCUT2D eigenvalue weighted by Gasteiger charge is 2.35. The number of rotatable bonds is 6. The molecule has 0 radical (unpaired) electrons. The molecule has 1 atom stereocenters. The van der Waals surface area contributed by atoms with E-state index >= 15 is 0 Å². The number of amides is 1. The van der Waals surface area contributed by atoms with E-state index < -0.39 is 15.9 Å². The molecular formula is C20H21Cl2NO4S. The highest BCUT2D eigenvalue weighted by Crippen LogP contribution is 2.27. The first kappa shape index (κ1) is 21.0. The quantitative estimate of drug-likeness (QED) is 0.672. The molecule has 0 aromatic heterocycles. The Bertz CT molecular complexity index is 978. The summed E-state index contributed by atoms with van der Waals surface area (Å²) >= 11 is 12.3. The molecule has 1 heterocycles. The van der Waals surface area contributed by atoms with Gasteiger partial charge in [0.1, 0.15) is 5.75 Å². The van der Waals surface area contributed by atoms with Crippen LogP contribution in [0.3, 0.4) is 0 Å². The van der Waals surface area contributed by atoms with E-state index in [4.69, 9.17) is 27.9 Å². The molecule has 1 amide bonds. The van der Waals surface area contributed by atoms with Crippen molar-refractivity contribution in [2.45, 2.75) is 25.9 Å². The molecule has 1 fully saturated rings. The molecule has 1 aliphatic heterocycles. The van der Waals surface area contributed by atoms with Crippen LogP contribution < -0.4 is 4.74 Å². The van der Waals surface area contributed by atoms with Crippen molar-refractivity contribution in [3.8, 4) is 5.75 Å². The van der Waals surface area contributed by atoms with Crippen molar-refractivity contribution in [1.82, 2.24) is 4.90 Å². The van der Waals surface area contributed by atoms with E-state index in [1.54, 1.807) is 47.4 Å². The maximum atomic E-state index is 13.3. The van der Waals surface area contributed by atoms with Crippen LogP contribution in [0.25, 0.3) is 0 Å². The fourth-order valence-corrected chi connectivity index (χ4v) is 5.47. The summed E-state index contributed by atoms with van der Waals surface area (Å²) in [6, 6.07) is 11.6. The van der Waals surface area contributed by atoms with Crippen LogP contribution in [0, 0.1) is 0 Å². The summed E-state index contributed by atoms with van der Waals surface area (Å²) in [6.07, 6.45) is 0.407. The Kier molecular flexibility index (Phi) is 6.53. The summed E-state index contributed by atoms with van der Waals surface area (Å²) in [5.41, 5.74) is 1.16. The molecule has 1 aliphatic rings. The Labute approximate surface area is 175 Å². The van der Waals surface area contributed by atoms with Crippen molar-refractivity contribution in [2.75, 3.05) is 18.1 Å². The Hall–Kier alpha value is -1.76. The maximum Gasteiger partial charge on any atom is 0.254 e. The van der Waals surface area contributed by atoms with Crippen LogP contribution in [0.4, 0.5) is 0 Å². The second kappa shape index (κ2) is 8.72. The minimum atomic E-state index is -3.15. The van der Waals surface area contributed by atoms with Gasteiger partial charge in [-0.2, -0.15) is 0 Å². The van der Waals surface area contributed by atoms with Gasteiger partial charge in [-0.25, -0.2) is 8.42 Å². The zero-order valence-corrected chi connectivity index (χ0v) is 17.7. The van der Waals surface area contributed by atoms with Gasteiger partial charge >= 0.3 is 0 Å². The fraction of sp³-hybridized carbons (Fsp3) is 0.350. The number of sulfone groups is 1. The number of halogens is 2. The van der Waals surface area contributed by atoms with E-state index in [0.717, 1.165) is 0 Å². The highest BCUT2D eigenvalue weighted by atomic mass is 35.5. The summed E-state index contributed by atoms with van der Waals surface area (Å²) in [5, 5.41) is 0.939. The molecule has 5 nitrogen and oxygen atoms in total. The summed E-state index contributed by atoms with van der Waals surface area (Å²) in [6.45, 7) is 2.56. The number of nitrogens with zero attached hydrogens (tertiary/aromatic N) is 1. The highest BCUT2D eigenvalue weighted by molar-refractivity contribution is 7.91. The topological polar surface area (TPSA) is 63.7 Å². The molecule has 150 valence electrons. The third-order valence-corrected chi connectivity index (χ3v) is 7.00. The van der Waals surface area contributed by atoms with E-state index in [0.29, 0.717) is 39.9 Å². The Morgan fingerprint density at radius 2 is 2.00 bits per heavy atom. The first-order valence-electron chi connectivity index (χ1n) is 8.97. The van der Waals surface area contributed by atoms with Gasteiger partial charge in [0.25, 0.3) is 5.91 Å². The monoisotopic (exact) mass is 441 g/mol. The predicted octanol–water partition coefficient (Wildman–Crippen LogP) is 4.22. The Balaban J connectivity index is 1.93. The standard InChI is InChI=1S/C20H21Cl2NO4S/c1-2-27-18-5-3-4-14(10-18)20(24)23(17-8-9-28(25,26)13-17)12-15-6-7-16(21)11-19(15)22/h3-7,10-11,17H,2,8-9,12-13H2,1H3/t17-/m0/s1. The Morgan fingerprint density at radius 1 is 1.21 bits per heavy atom. The minimum Gasteiger partial charge on any atom is -0.494 e. The van der Waals surface area contributed by atoms with Gasteiger partial charge < -0.3 is 9.64 Å². The van der Waals surface area contributed by atoms with E-state index in [-0.39, 0.29) is 24.0 Å². The second-order valence-corrected chi connectivity index (χ2v) is 9.76. The summed E-state index contributed by atoms with van der Waals surface area (Å²) < 4.78 is 29.5. The number of hydrogen-bond donors (Lipinski definition) is 0. The SMILES string of the molecule is CCOc1cccc(C(=O)N(Cc2ccc(Cl)cc2Cl)[C@H]2CCS(=O)(=O)C2)c1. The average molecular weight is 442 g/mol. The van der Waals surface area contributed by atoms with Gasteiger partial charge in [0, 0.05) is 28.2 Å². The van der Waals surface area contributed by atoms with Crippen molar-refractivity contribution < 1.29 is 17.9 Å².